The number of benzene rings is 2. The zero-order valence-electron chi connectivity index (χ0n) is 20.5. The van der Waals surface area contributed by atoms with Crippen molar-refractivity contribution in [2.24, 2.45) is 17.3 Å². The average Bonchev–Trinajstić information content (AvgIpc) is 3.20. The molecule has 3 fully saturated rings. The van der Waals surface area contributed by atoms with Gasteiger partial charge in [-0.2, -0.15) is 0 Å². The number of Topliss-reactive ketones (excluding diaryl/α,β-unsaturated/α-hetero) is 1. The molecule has 4 aliphatic rings. The molecule has 1 saturated heterocycles. The Morgan fingerprint density at radius 3 is 2.43 bits per heavy atom. The average molecular weight is 469 g/mol. The van der Waals surface area contributed by atoms with Crippen LogP contribution in [0.4, 0.5) is 0 Å². The van der Waals surface area contributed by atoms with Gasteiger partial charge in [-0.1, -0.05) is 78.7 Å². The first-order chi connectivity index (χ1) is 17.1. The van der Waals surface area contributed by atoms with Crippen molar-refractivity contribution in [3.63, 3.8) is 0 Å². The Kier molecular flexibility index (Phi) is 6.02. The number of ketones is 1. The Morgan fingerprint density at radius 1 is 0.914 bits per heavy atom. The largest absolute Gasteiger partial charge is 0.365 e. The Labute approximate surface area is 208 Å². The minimum absolute atomic E-state index is 0.0101. The maximum atomic E-state index is 14.2. The van der Waals surface area contributed by atoms with Gasteiger partial charge in [-0.3, -0.25) is 4.79 Å². The summed E-state index contributed by atoms with van der Waals surface area (Å²) >= 11 is 0. The maximum absolute atomic E-state index is 14.2. The molecule has 0 bridgehead atoms. The third-order valence-electron chi connectivity index (χ3n) is 9.15. The van der Waals surface area contributed by atoms with E-state index >= 15 is 0 Å². The molecule has 3 heteroatoms. The number of carbonyl (C=O) groups is 1. The predicted octanol–water partition coefficient (Wildman–Crippen LogP) is 7.19. The number of hydrogen-bond donors (Lipinski definition) is 1. The Bertz CT molecular complexity index is 1130. The maximum Gasteiger partial charge on any atom is 0.175 e. The van der Waals surface area contributed by atoms with Gasteiger partial charge in [-0.15, -0.1) is 0 Å². The number of ether oxygens (including phenoxy) is 1. The molecule has 3 nitrogen and oxygen atoms in total. The first-order valence-electron chi connectivity index (χ1n) is 13.5. The van der Waals surface area contributed by atoms with Crippen molar-refractivity contribution >= 4 is 11.9 Å². The van der Waals surface area contributed by atoms with Crippen molar-refractivity contribution in [1.29, 1.82) is 0 Å². The highest BCUT2D eigenvalue weighted by molar-refractivity contribution is 6.06. The van der Waals surface area contributed by atoms with Crippen molar-refractivity contribution in [1.82, 2.24) is 0 Å². The molecule has 0 amide bonds. The third-order valence-corrected chi connectivity index (χ3v) is 9.15. The molecule has 182 valence electrons. The molecule has 0 radical (unpaired) electrons. The number of allylic oxidation sites excluding steroid dienone is 2. The zero-order chi connectivity index (χ0) is 23.9. The van der Waals surface area contributed by atoms with Crippen LogP contribution in [0, 0.1) is 17.3 Å². The minimum Gasteiger partial charge on any atom is -0.365 e. The summed E-state index contributed by atoms with van der Waals surface area (Å²) < 4.78 is 6.90. The van der Waals surface area contributed by atoms with Crippen LogP contribution in [-0.2, 0) is 9.53 Å². The predicted molar refractivity (Wildman–Crippen MR) is 138 cm³/mol. The molecule has 1 N–H and O–H groups in total. The van der Waals surface area contributed by atoms with Crippen LogP contribution in [0.25, 0.3) is 6.08 Å². The second kappa shape index (κ2) is 9.19. The van der Waals surface area contributed by atoms with Gasteiger partial charge >= 0.3 is 0 Å². The highest BCUT2D eigenvalue weighted by atomic mass is 16.6. The molecule has 3 aliphatic carbocycles. The van der Waals surface area contributed by atoms with Crippen LogP contribution in [-0.4, -0.2) is 16.7 Å². The lowest BCUT2D eigenvalue weighted by Crippen LogP contribution is -2.59. The summed E-state index contributed by atoms with van der Waals surface area (Å²) in [6, 6.07) is 20.3. The summed E-state index contributed by atoms with van der Waals surface area (Å²) in [5.41, 5.74) is 3.75. The fraction of sp³-hybridized carbons (Fsp3) is 0.469. The summed E-state index contributed by atoms with van der Waals surface area (Å²) in [7, 11) is 0. The van der Waals surface area contributed by atoms with E-state index in [1.54, 1.807) is 0 Å². The van der Waals surface area contributed by atoms with E-state index in [0.717, 1.165) is 61.6 Å². The Hall–Kier alpha value is -2.49. The van der Waals surface area contributed by atoms with Gasteiger partial charge in [0.1, 0.15) is 0 Å². The lowest BCUT2D eigenvalue weighted by atomic mass is 9.60. The fourth-order valence-corrected chi connectivity index (χ4v) is 7.42. The lowest BCUT2D eigenvalue weighted by molar-refractivity contribution is -0.340. The molecule has 2 aromatic carbocycles. The minimum atomic E-state index is -1.20. The van der Waals surface area contributed by atoms with Crippen LogP contribution >= 0.6 is 0 Å². The molecule has 1 heterocycles. The van der Waals surface area contributed by atoms with Gasteiger partial charge in [0, 0.05) is 11.8 Å². The molecule has 6 rings (SSSR count). The summed E-state index contributed by atoms with van der Waals surface area (Å²) in [5, 5.41) is 12.3. The van der Waals surface area contributed by atoms with E-state index in [1.165, 1.54) is 18.4 Å². The van der Waals surface area contributed by atoms with Crippen molar-refractivity contribution < 1.29 is 14.6 Å². The molecule has 2 saturated carbocycles. The van der Waals surface area contributed by atoms with Gasteiger partial charge in [0.15, 0.2) is 11.6 Å². The zero-order valence-corrected chi connectivity index (χ0v) is 20.5. The van der Waals surface area contributed by atoms with Gasteiger partial charge < -0.3 is 9.84 Å². The highest BCUT2D eigenvalue weighted by Crippen LogP contribution is 2.62. The van der Waals surface area contributed by atoms with Crippen LogP contribution in [0.1, 0.15) is 81.4 Å². The molecule has 1 aliphatic heterocycles. The molecule has 1 spiro atoms. The number of fused-ring (bicyclic) bond motifs is 1. The van der Waals surface area contributed by atoms with Crippen LogP contribution < -0.4 is 0 Å². The van der Waals surface area contributed by atoms with E-state index in [9.17, 15) is 9.90 Å². The van der Waals surface area contributed by atoms with Crippen LogP contribution in [0.2, 0.25) is 0 Å². The van der Waals surface area contributed by atoms with Gasteiger partial charge in [0.05, 0.1) is 11.5 Å². The number of aliphatic hydroxyl groups is 1. The van der Waals surface area contributed by atoms with Gasteiger partial charge in [-0.05, 0) is 80.6 Å². The number of carbonyl (C=O) groups excluding carboxylic acids is 1. The summed E-state index contributed by atoms with van der Waals surface area (Å²) in [4.78, 5) is 14.2. The van der Waals surface area contributed by atoms with Crippen LogP contribution in [0.3, 0.4) is 0 Å². The van der Waals surface area contributed by atoms with E-state index in [1.807, 2.05) is 36.4 Å². The summed E-state index contributed by atoms with van der Waals surface area (Å²) in [6.45, 7) is 0. The molecule has 5 atom stereocenters. The van der Waals surface area contributed by atoms with Crippen molar-refractivity contribution in [3.05, 3.63) is 89.0 Å². The van der Waals surface area contributed by atoms with Crippen molar-refractivity contribution in [2.75, 3.05) is 0 Å². The van der Waals surface area contributed by atoms with Gasteiger partial charge in [-0.25, -0.2) is 0 Å². The molecule has 35 heavy (non-hydrogen) atoms. The first-order valence-corrected chi connectivity index (χ1v) is 13.5. The molecular formula is C32H36O3. The summed E-state index contributed by atoms with van der Waals surface area (Å²) in [6.07, 6.45) is 13.8. The van der Waals surface area contributed by atoms with Gasteiger partial charge in [0.25, 0.3) is 0 Å². The number of rotatable bonds is 3. The van der Waals surface area contributed by atoms with E-state index in [-0.39, 0.29) is 17.6 Å². The quantitative estimate of drug-likeness (QED) is 0.383. The van der Waals surface area contributed by atoms with Crippen LogP contribution in [0.15, 0.2) is 77.9 Å². The molecule has 0 aromatic heterocycles. The van der Waals surface area contributed by atoms with E-state index in [0.29, 0.717) is 6.42 Å². The fourth-order valence-electron chi connectivity index (χ4n) is 7.42. The highest BCUT2D eigenvalue weighted by Gasteiger charge is 2.63. The third kappa shape index (κ3) is 3.93. The normalized spacial score (nSPS) is 36.3. The lowest BCUT2D eigenvalue weighted by Gasteiger charge is -2.56. The monoisotopic (exact) mass is 468 g/mol. The van der Waals surface area contributed by atoms with Crippen molar-refractivity contribution in [3.8, 4) is 0 Å². The standard InChI is InChI=1S/C32H36O3/c33-29-26(21-23-11-4-1-5-12-23)19-20-31(29)22-27-17-10-18-28(24-13-6-2-7-14-24)32(27,34)35-30(31)25-15-8-3-9-16-25/h1,3-5,8-9,11-13,15-16,21,27-28,30,34H,2,6-7,10,14,17-20,22H2/b26-21+. The SMILES string of the molecule is O=C1/C(=C/c2ccccc2)CCC12CC1CCCC(C3=CCCCC3)C1(O)OC2c1ccccc1. The van der Waals surface area contributed by atoms with Gasteiger partial charge in [0.2, 0.25) is 0 Å². The Morgan fingerprint density at radius 2 is 1.69 bits per heavy atom. The first kappa shape index (κ1) is 22.9. The summed E-state index contributed by atoms with van der Waals surface area (Å²) in [5.74, 6) is -0.944. The second-order valence-electron chi connectivity index (χ2n) is 11.1. The van der Waals surface area contributed by atoms with Crippen molar-refractivity contribution in [2.45, 2.75) is 76.1 Å². The topological polar surface area (TPSA) is 46.5 Å². The van der Waals surface area contributed by atoms with E-state index < -0.39 is 17.3 Å². The van der Waals surface area contributed by atoms with E-state index in [2.05, 4.69) is 36.4 Å². The Balaban J connectivity index is 1.40. The second-order valence-corrected chi connectivity index (χ2v) is 11.1. The van der Waals surface area contributed by atoms with Crippen LogP contribution in [0.5, 0.6) is 0 Å². The smallest absolute Gasteiger partial charge is 0.175 e. The molecule has 2 aromatic rings. The molecule has 5 unspecified atom stereocenters. The number of hydrogen-bond acceptors (Lipinski definition) is 3. The van der Waals surface area contributed by atoms with E-state index in [4.69, 9.17) is 4.74 Å². The molecular weight excluding hydrogens is 432 g/mol.